The number of hydrogen-bond acceptors (Lipinski definition) is 5. The van der Waals surface area contributed by atoms with E-state index in [1.807, 2.05) is 0 Å². The van der Waals surface area contributed by atoms with E-state index >= 15 is 0 Å². The van der Waals surface area contributed by atoms with Crippen LogP contribution >= 0.6 is 0 Å². The largest absolute Gasteiger partial charge is 0.497 e. The van der Waals surface area contributed by atoms with Gasteiger partial charge in [0.15, 0.2) is 0 Å². The molecule has 0 spiro atoms. The number of amides is 1. The van der Waals surface area contributed by atoms with Crippen molar-refractivity contribution in [2.24, 2.45) is 0 Å². The monoisotopic (exact) mass is 342 g/mol. The number of morpholine rings is 1. The summed E-state index contributed by atoms with van der Waals surface area (Å²) in [6, 6.07) is 6.78. The van der Waals surface area contributed by atoms with Gasteiger partial charge in [0.05, 0.1) is 32.3 Å². The molecule has 0 aromatic heterocycles. The van der Waals surface area contributed by atoms with E-state index < -0.39 is 10.0 Å². The van der Waals surface area contributed by atoms with E-state index in [9.17, 15) is 13.2 Å². The fraction of sp³-hybridized carbons (Fsp3) is 0.533. The van der Waals surface area contributed by atoms with E-state index in [-0.39, 0.29) is 18.9 Å². The number of ether oxygens (including phenoxy) is 2. The van der Waals surface area contributed by atoms with Crippen molar-refractivity contribution in [1.82, 2.24) is 4.90 Å². The summed E-state index contributed by atoms with van der Waals surface area (Å²) in [5, 5.41) is 0. The lowest BCUT2D eigenvalue weighted by Crippen LogP contribution is -2.42. The van der Waals surface area contributed by atoms with Gasteiger partial charge in [-0.1, -0.05) is 6.07 Å². The molecule has 1 fully saturated rings. The van der Waals surface area contributed by atoms with Crippen molar-refractivity contribution >= 4 is 21.6 Å². The lowest BCUT2D eigenvalue weighted by atomic mass is 10.2. The molecule has 0 unspecified atom stereocenters. The summed E-state index contributed by atoms with van der Waals surface area (Å²) < 4.78 is 35.7. The second-order valence-corrected chi connectivity index (χ2v) is 7.19. The Labute approximate surface area is 136 Å². The summed E-state index contributed by atoms with van der Waals surface area (Å²) in [4.78, 5) is 13.9. The van der Waals surface area contributed by atoms with Crippen LogP contribution in [-0.2, 0) is 19.6 Å². The molecule has 0 atom stereocenters. The fourth-order valence-electron chi connectivity index (χ4n) is 2.42. The minimum atomic E-state index is -3.49. The van der Waals surface area contributed by atoms with Crippen LogP contribution in [0.15, 0.2) is 24.3 Å². The highest BCUT2D eigenvalue weighted by Crippen LogP contribution is 2.23. The zero-order chi connectivity index (χ0) is 16.9. The van der Waals surface area contributed by atoms with Gasteiger partial charge in [-0.2, -0.15) is 0 Å². The molecule has 0 radical (unpaired) electrons. The van der Waals surface area contributed by atoms with Gasteiger partial charge in [0.25, 0.3) is 0 Å². The molecule has 2 rings (SSSR count). The molecule has 128 valence electrons. The van der Waals surface area contributed by atoms with Crippen LogP contribution in [-0.4, -0.2) is 65.4 Å². The minimum absolute atomic E-state index is 0.0650. The Kier molecular flexibility index (Phi) is 5.84. The topological polar surface area (TPSA) is 76.2 Å². The Hall–Kier alpha value is -1.80. The van der Waals surface area contributed by atoms with Crippen LogP contribution < -0.4 is 9.04 Å². The van der Waals surface area contributed by atoms with Crippen molar-refractivity contribution in [2.75, 3.05) is 50.5 Å². The number of hydrogen-bond donors (Lipinski definition) is 0. The molecule has 0 N–H and O–H groups in total. The second kappa shape index (κ2) is 7.65. The third-order valence-electron chi connectivity index (χ3n) is 3.63. The number of anilines is 1. The normalized spacial score (nSPS) is 15.3. The highest BCUT2D eigenvalue weighted by Gasteiger charge is 2.22. The first-order valence-electron chi connectivity index (χ1n) is 7.39. The van der Waals surface area contributed by atoms with Crippen molar-refractivity contribution in [1.29, 1.82) is 0 Å². The van der Waals surface area contributed by atoms with Gasteiger partial charge in [0, 0.05) is 32.1 Å². The summed E-state index contributed by atoms with van der Waals surface area (Å²) in [7, 11) is -1.97. The summed E-state index contributed by atoms with van der Waals surface area (Å²) in [5.41, 5.74) is 0.488. The van der Waals surface area contributed by atoms with Gasteiger partial charge in [-0.05, 0) is 12.1 Å². The molecule has 8 heteroatoms. The number of benzene rings is 1. The predicted octanol–water partition coefficient (Wildman–Crippen LogP) is 0.710. The van der Waals surface area contributed by atoms with Crippen molar-refractivity contribution in [3.05, 3.63) is 24.3 Å². The highest BCUT2D eigenvalue weighted by molar-refractivity contribution is 7.92. The van der Waals surface area contributed by atoms with E-state index in [1.54, 1.807) is 29.2 Å². The van der Waals surface area contributed by atoms with Crippen LogP contribution in [0.2, 0.25) is 0 Å². The smallest absolute Gasteiger partial charge is 0.232 e. The minimum Gasteiger partial charge on any atom is -0.497 e. The highest BCUT2D eigenvalue weighted by atomic mass is 32.2. The number of carbonyl (C=O) groups is 1. The number of rotatable bonds is 6. The van der Waals surface area contributed by atoms with E-state index in [1.165, 1.54) is 11.4 Å². The molecule has 1 aromatic rings. The number of carbonyl (C=O) groups excluding carboxylic acids is 1. The van der Waals surface area contributed by atoms with Crippen LogP contribution in [0.5, 0.6) is 5.75 Å². The first-order chi connectivity index (χ1) is 10.9. The SMILES string of the molecule is COc1cccc(N(CCC(=O)N2CCOCC2)S(C)(=O)=O)c1. The molecule has 1 aromatic carbocycles. The Morgan fingerprint density at radius 2 is 2.04 bits per heavy atom. The van der Waals surface area contributed by atoms with Crippen LogP contribution in [0.4, 0.5) is 5.69 Å². The van der Waals surface area contributed by atoms with Crippen LogP contribution in [0.1, 0.15) is 6.42 Å². The van der Waals surface area contributed by atoms with Crippen LogP contribution in [0.25, 0.3) is 0 Å². The number of methoxy groups -OCH3 is 1. The summed E-state index contributed by atoms with van der Waals surface area (Å²) in [6.07, 6.45) is 1.26. The second-order valence-electron chi connectivity index (χ2n) is 5.28. The van der Waals surface area contributed by atoms with Crippen molar-refractivity contribution in [2.45, 2.75) is 6.42 Å². The number of nitrogens with zero attached hydrogens (tertiary/aromatic N) is 2. The van der Waals surface area contributed by atoms with Gasteiger partial charge < -0.3 is 14.4 Å². The molecule has 1 heterocycles. The molecule has 0 bridgehead atoms. The van der Waals surface area contributed by atoms with Crippen molar-refractivity contribution in [3.63, 3.8) is 0 Å². The average molecular weight is 342 g/mol. The molecule has 1 saturated heterocycles. The summed E-state index contributed by atoms with van der Waals surface area (Å²) >= 11 is 0. The van der Waals surface area contributed by atoms with E-state index in [0.717, 1.165) is 6.26 Å². The molecule has 7 nitrogen and oxygen atoms in total. The standard InChI is InChI=1S/C15H22N2O5S/c1-21-14-5-3-4-13(12-14)17(23(2,19)20)7-6-15(18)16-8-10-22-11-9-16/h3-5,12H,6-11H2,1-2H3. The molecular formula is C15H22N2O5S. The Morgan fingerprint density at radius 3 is 2.65 bits per heavy atom. The molecule has 0 saturated carbocycles. The molecule has 1 amide bonds. The molecule has 1 aliphatic heterocycles. The number of sulfonamides is 1. The van der Waals surface area contributed by atoms with E-state index in [4.69, 9.17) is 9.47 Å². The molecule has 23 heavy (non-hydrogen) atoms. The summed E-state index contributed by atoms with van der Waals surface area (Å²) in [6.45, 7) is 2.25. The van der Waals surface area contributed by atoms with Gasteiger partial charge in [-0.3, -0.25) is 9.10 Å². The Morgan fingerprint density at radius 1 is 1.35 bits per heavy atom. The van der Waals surface area contributed by atoms with E-state index in [2.05, 4.69) is 0 Å². The lowest BCUT2D eigenvalue weighted by Gasteiger charge is -2.28. The maximum Gasteiger partial charge on any atom is 0.232 e. The molecular weight excluding hydrogens is 320 g/mol. The first kappa shape index (κ1) is 17.6. The van der Waals surface area contributed by atoms with Crippen molar-refractivity contribution < 1.29 is 22.7 Å². The van der Waals surface area contributed by atoms with Gasteiger partial charge in [-0.25, -0.2) is 8.42 Å². The zero-order valence-electron chi connectivity index (χ0n) is 13.4. The Balaban J connectivity index is 2.08. The van der Waals surface area contributed by atoms with Crippen LogP contribution in [0.3, 0.4) is 0 Å². The quantitative estimate of drug-likeness (QED) is 0.761. The van der Waals surface area contributed by atoms with Gasteiger partial charge in [-0.15, -0.1) is 0 Å². The molecule has 1 aliphatic rings. The first-order valence-corrected chi connectivity index (χ1v) is 9.24. The molecule has 0 aliphatic carbocycles. The maximum absolute atomic E-state index is 12.2. The van der Waals surface area contributed by atoms with Crippen LogP contribution in [0, 0.1) is 0 Å². The van der Waals surface area contributed by atoms with E-state index in [0.29, 0.717) is 37.7 Å². The van der Waals surface area contributed by atoms with Gasteiger partial charge >= 0.3 is 0 Å². The Bertz CT molecular complexity index is 641. The van der Waals surface area contributed by atoms with Crippen molar-refractivity contribution in [3.8, 4) is 5.75 Å². The lowest BCUT2D eigenvalue weighted by molar-refractivity contribution is -0.134. The average Bonchev–Trinajstić information content (AvgIpc) is 2.54. The predicted molar refractivity (Wildman–Crippen MR) is 87.2 cm³/mol. The third-order valence-corrected chi connectivity index (χ3v) is 4.83. The third kappa shape index (κ3) is 4.84. The van der Waals surface area contributed by atoms with Gasteiger partial charge in [0.2, 0.25) is 15.9 Å². The maximum atomic E-state index is 12.2. The fourth-order valence-corrected chi connectivity index (χ4v) is 3.34. The summed E-state index contributed by atoms with van der Waals surface area (Å²) in [5.74, 6) is 0.500. The van der Waals surface area contributed by atoms with Gasteiger partial charge in [0.1, 0.15) is 5.75 Å². The zero-order valence-corrected chi connectivity index (χ0v) is 14.2.